The molecule has 1 unspecified atom stereocenters. The number of para-hydroxylation sites is 1. The van der Waals surface area contributed by atoms with Crippen LogP contribution in [0.15, 0.2) is 30.5 Å². The molecule has 4 N–H and O–H groups in total. The van der Waals surface area contributed by atoms with Crippen molar-refractivity contribution in [3.63, 3.8) is 0 Å². The molecule has 0 saturated heterocycles. The number of amides is 1. The van der Waals surface area contributed by atoms with E-state index >= 15 is 0 Å². The van der Waals surface area contributed by atoms with Crippen LogP contribution >= 0.6 is 0 Å². The number of carbonyl (C=O) groups is 1. The summed E-state index contributed by atoms with van der Waals surface area (Å²) in [5.74, 6) is -0.113. The molecule has 1 heterocycles. The Morgan fingerprint density at radius 1 is 1.47 bits per heavy atom. The molecule has 6 nitrogen and oxygen atoms in total. The second kappa shape index (κ2) is 5.01. The first-order valence-electron chi connectivity index (χ1n) is 5.86. The van der Waals surface area contributed by atoms with Crippen LogP contribution in [0.1, 0.15) is 29.0 Å². The normalized spacial score (nSPS) is 12.1. The quantitative estimate of drug-likeness (QED) is 0.779. The van der Waals surface area contributed by atoms with Crippen molar-refractivity contribution >= 4 is 11.6 Å². The summed E-state index contributed by atoms with van der Waals surface area (Å²) in [6.45, 7) is 1.83. The highest BCUT2D eigenvalue weighted by molar-refractivity contribution is 5.97. The number of carbonyl (C=O) groups excluding carboxylic acids is 1. The third-order valence-electron chi connectivity index (χ3n) is 3.17. The number of aromatic nitrogens is 2. The first kappa shape index (κ1) is 12.9. The summed E-state index contributed by atoms with van der Waals surface area (Å²) in [5.41, 5.74) is 6.90. The highest BCUT2D eigenvalue weighted by Gasteiger charge is 2.23. The zero-order valence-corrected chi connectivity index (χ0v) is 10.8. The van der Waals surface area contributed by atoms with Gasteiger partial charge >= 0.3 is 0 Å². The molecule has 1 aromatic carbocycles. The summed E-state index contributed by atoms with van der Waals surface area (Å²) in [6, 6.07) is 6.64. The number of phenolic OH excluding ortho intramolecular Hbond substituents is 1. The summed E-state index contributed by atoms with van der Waals surface area (Å²) in [6.07, 6.45) is 1.39. The van der Waals surface area contributed by atoms with E-state index in [4.69, 9.17) is 5.73 Å². The molecular weight excluding hydrogens is 244 g/mol. The van der Waals surface area contributed by atoms with E-state index in [0.717, 1.165) is 0 Å². The van der Waals surface area contributed by atoms with Crippen LogP contribution in [0.25, 0.3) is 0 Å². The zero-order chi connectivity index (χ0) is 14.0. The largest absolute Gasteiger partial charge is 0.508 e. The number of nitrogens with two attached hydrogens (primary N) is 1. The van der Waals surface area contributed by atoms with Gasteiger partial charge in [0.2, 0.25) is 0 Å². The van der Waals surface area contributed by atoms with Gasteiger partial charge in [-0.1, -0.05) is 18.2 Å². The molecular formula is C13H16N4O2. The molecule has 0 saturated carbocycles. The summed E-state index contributed by atoms with van der Waals surface area (Å²) < 4.78 is 0. The Morgan fingerprint density at radius 2 is 2.16 bits per heavy atom. The third kappa shape index (κ3) is 2.37. The molecule has 0 radical (unpaired) electrons. The van der Waals surface area contributed by atoms with Gasteiger partial charge in [-0.25, -0.2) is 0 Å². The molecule has 0 bridgehead atoms. The van der Waals surface area contributed by atoms with Gasteiger partial charge in [0.1, 0.15) is 11.4 Å². The van der Waals surface area contributed by atoms with Crippen molar-refractivity contribution in [2.45, 2.75) is 13.0 Å². The maximum atomic E-state index is 12.2. The number of aromatic amines is 1. The maximum Gasteiger partial charge on any atom is 0.274 e. The van der Waals surface area contributed by atoms with Crippen molar-refractivity contribution < 1.29 is 9.90 Å². The Morgan fingerprint density at radius 3 is 2.74 bits per heavy atom. The summed E-state index contributed by atoms with van der Waals surface area (Å²) >= 11 is 0. The molecule has 0 aliphatic rings. The predicted octanol–water partition coefficient (Wildman–Crippen LogP) is 1.53. The maximum absolute atomic E-state index is 12.2. The predicted molar refractivity (Wildman–Crippen MR) is 71.6 cm³/mol. The molecule has 2 aromatic rings. The second-order valence-electron chi connectivity index (χ2n) is 4.35. The summed E-state index contributed by atoms with van der Waals surface area (Å²) in [7, 11) is 1.65. The lowest BCUT2D eigenvalue weighted by molar-refractivity contribution is 0.0736. The number of H-pyrrole nitrogens is 1. The lowest BCUT2D eigenvalue weighted by atomic mass is 10.1. The Balaban J connectivity index is 2.25. The lowest BCUT2D eigenvalue weighted by Crippen LogP contribution is -2.30. The van der Waals surface area contributed by atoms with Gasteiger partial charge in [0.15, 0.2) is 0 Å². The number of phenols is 1. The van der Waals surface area contributed by atoms with Crippen molar-refractivity contribution in [2.24, 2.45) is 0 Å². The van der Waals surface area contributed by atoms with Crippen molar-refractivity contribution in [3.8, 4) is 5.75 Å². The Kier molecular flexibility index (Phi) is 3.41. The third-order valence-corrected chi connectivity index (χ3v) is 3.17. The molecule has 0 spiro atoms. The number of benzene rings is 1. The van der Waals surface area contributed by atoms with Crippen LogP contribution in [0.2, 0.25) is 0 Å². The molecule has 1 aromatic heterocycles. The van der Waals surface area contributed by atoms with Gasteiger partial charge in [0.05, 0.1) is 17.9 Å². The van der Waals surface area contributed by atoms with E-state index in [1.165, 1.54) is 11.1 Å². The van der Waals surface area contributed by atoms with Crippen LogP contribution in [0.3, 0.4) is 0 Å². The minimum atomic E-state index is -0.281. The molecule has 1 amide bonds. The summed E-state index contributed by atoms with van der Waals surface area (Å²) in [4.78, 5) is 13.7. The highest BCUT2D eigenvalue weighted by Crippen LogP contribution is 2.28. The number of hydrogen-bond acceptors (Lipinski definition) is 4. The van der Waals surface area contributed by atoms with Crippen molar-refractivity contribution in [1.82, 2.24) is 15.1 Å². The van der Waals surface area contributed by atoms with Crippen LogP contribution in [0, 0.1) is 0 Å². The van der Waals surface area contributed by atoms with Crippen LogP contribution in [0.4, 0.5) is 5.69 Å². The average molecular weight is 260 g/mol. The minimum absolute atomic E-state index is 0.159. The van der Waals surface area contributed by atoms with Gasteiger partial charge in [-0.05, 0) is 13.0 Å². The van der Waals surface area contributed by atoms with Crippen molar-refractivity contribution in [3.05, 3.63) is 41.7 Å². The smallest absolute Gasteiger partial charge is 0.274 e. The number of nitrogens with zero attached hydrogens (tertiary/aromatic N) is 2. The Labute approximate surface area is 110 Å². The first-order valence-corrected chi connectivity index (χ1v) is 5.86. The molecule has 100 valence electrons. The topological polar surface area (TPSA) is 95.2 Å². The van der Waals surface area contributed by atoms with Gasteiger partial charge in [-0.15, -0.1) is 0 Å². The monoisotopic (exact) mass is 260 g/mol. The molecule has 2 rings (SSSR count). The minimum Gasteiger partial charge on any atom is -0.508 e. The molecule has 6 heteroatoms. The van der Waals surface area contributed by atoms with Gasteiger partial charge in [-0.2, -0.15) is 5.10 Å². The molecule has 0 aliphatic carbocycles. The lowest BCUT2D eigenvalue weighted by Gasteiger charge is -2.25. The van der Waals surface area contributed by atoms with Crippen molar-refractivity contribution in [2.75, 3.05) is 12.8 Å². The number of nitrogen functional groups attached to an aromatic ring is 1. The van der Waals surface area contributed by atoms with E-state index in [2.05, 4.69) is 10.2 Å². The fourth-order valence-corrected chi connectivity index (χ4v) is 1.87. The van der Waals surface area contributed by atoms with Crippen LogP contribution < -0.4 is 5.73 Å². The SMILES string of the molecule is CC(c1ccccc1O)N(C)C(=O)c1[nH]ncc1N. The van der Waals surface area contributed by atoms with Crippen LogP contribution in [-0.4, -0.2) is 33.2 Å². The fraction of sp³-hybridized carbons (Fsp3) is 0.231. The number of rotatable bonds is 3. The van der Waals surface area contributed by atoms with E-state index in [1.54, 1.807) is 25.2 Å². The Bertz CT molecular complexity index is 594. The molecule has 1 atom stereocenters. The van der Waals surface area contributed by atoms with E-state index in [-0.39, 0.29) is 23.4 Å². The van der Waals surface area contributed by atoms with Crippen LogP contribution in [-0.2, 0) is 0 Å². The Hall–Kier alpha value is -2.50. The number of hydrogen-bond donors (Lipinski definition) is 3. The highest BCUT2D eigenvalue weighted by atomic mass is 16.3. The zero-order valence-electron chi connectivity index (χ0n) is 10.8. The molecule has 0 aliphatic heterocycles. The standard InChI is InChI=1S/C13H16N4O2/c1-8(9-5-3-4-6-11(9)18)17(2)13(19)12-10(14)7-15-16-12/h3-8,18H,14H2,1-2H3,(H,15,16). The van der Waals surface area contributed by atoms with E-state index in [1.807, 2.05) is 13.0 Å². The van der Waals surface area contributed by atoms with Gasteiger partial charge in [0, 0.05) is 12.6 Å². The van der Waals surface area contributed by atoms with Gasteiger partial charge in [-0.3, -0.25) is 9.89 Å². The first-order chi connectivity index (χ1) is 9.02. The number of anilines is 1. The fourth-order valence-electron chi connectivity index (χ4n) is 1.87. The van der Waals surface area contributed by atoms with Crippen molar-refractivity contribution in [1.29, 1.82) is 0 Å². The van der Waals surface area contributed by atoms with Gasteiger partial charge < -0.3 is 15.7 Å². The van der Waals surface area contributed by atoms with E-state index in [9.17, 15) is 9.90 Å². The van der Waals surface area contributed by atoms with E-state index < -0.39 is 0 Å². The van der Waals surface area contributed by atoms with Gasteiger partial charge in [0.25, 0.3) is 5.91 Å². The second-order valence-corrected chi connectivity index (χ2v) is 4.35. The molecule has 19 heavy (non-hydrogen) atoms. The number of nitrogens with one attached hydrogen (secondary N) is 1. The molecule has 0 fully saturated rings. The van der Waals surface area contributed by atoms with E-state index in [0.29, 0.717) is 11.3 Å². The average Bonchev–Trinajstić information content (AvgIpc) is 2.83. The van der Waals surface area contributed by atoms with Crippen LogP contribution in [0.5, 0.6) is 5.75 Å². The number of aromatic hydroxyl groups is 1. The summed E-state index contributed by atoms with van der Waals surface area (Å²) in [5, 5.41) is 16.1.